The minimum atomic E-state index is -0.167. The summed E-state index contributed by atoms with van der Waals surface area (Å²) in [6.45, 7) is 4.94. The first-order valence-corrected chi connectivity index (χ1v) is 7.66. The summed E-state index contributed by atoms with van der Waals surface area (Å²) in [7, 11) is 0. The standard InChI is InChI=1S/C17H19BrFN/c1-3-10-20-17(13-6-4-5-7-15(13)18)14-11-12(2)8-9-16(14)19/h4-9,11,17,20H,3,10H2,1-2H3. The van der Waals surface area contributed by atoms with Crippen LogP contribution >= 0.6 is 15.9 Å². The third kappa shape index (κ3) is 3.47. The van der Waals surface area contributed by atoms with Crippen LogP contribution in [-0.4, -0.2) is 6.54 Å². The van der Waals surface area contributed by atoms with E-state index < -0.39 is 0 Å². The number of hydrogen-bond acceptors (Lipinski definition) is 1. The fourth-order valence-electron chi connectivity index (χ4n) is 2.27. The lowest BCUT2D eigenvalue weighted by molar-refractivity contribution is 0.545. The van der Waals surface area contributed by atoms with Crippen molar-refractivity contribution in [1.29, 1.82) is 0 Å². The molecule has 0 aliphatic carbocycles. The van der Waals surface area contributed by atoms with Crippen molar-refractivity contribution in [3.8, 4) is 0 Å². The Bertz CT molecular complexity index is 583. The molecule has 0 bridgehead atoms. The number of hydrogen-bond donors (Lipinski definition) is 1. The second kappa shape index (κ2) is 7.00. The molecule has 1 N–H and O–H groups in total. The van der Waals surface area contributed by atoms with Crippen LogP contribution < -0.4 is 5.32 Å². The molecular formula is C17H19BrFN. The van der Waals surface area contributed by atoms with Crippen molar-refractivity contribution in [2.75, 3.05) is 6.54 Å². The second-order valence-electron chi connectivity index (χ2n) is 4.93. The zero-order chi connectivity index (χ0) is 14.5. The zero-order valence-electron chi connectivity index (χ0n) is 11.8. The molecule has 1 atom stereocenters. The van der Waals surface area contributed by atoms with Crippen LogP contribution in [0.2, 0.25) is 0 Å². The molecule has 2 aromatic rings. The number of aryl methyl sites for hydroxylation is 1. The maximum absolute atomic E-state index is 14.2. The van der Waals surface area contributed by atoms with Crippen molar-refractivity contribution in [2.45, 2.75) is 26.3 Å². The number of nitrogens with one attached hydrogen (secondary N) is 1. The Morgan fingerprint density at radius 2 is 1.90 bits per heavy atom. The Morgan fingerprint density at radius 3 is 2.60 bits per heavy atom. The first-order valence-electron chi connectivity index (χ1n) is 6.87. The van der Waals surface area contributed by atoms with Gasteiger partial charge in [-0.05, 0) is 37.6 Å². The van der Waals surface area contributed by atoms with Gasteiger partial charge in [-0.25, -0.2) is 4.39 Å². The SMILES string of the molecule is CCCNC(c1cc(C)ccc1F)c1ccccc1Br. The molecule has 0 heterocycles. The van der Waals surface area contributed by atoms with Gasteiger partial charge in [-0.1, -0.05) is 58.7 Å². The molecule has 20 heavy (non-hydrogen) atoms. The molecule has 3 heteroatoms. The lowest BCUT2D eigenvalue weighted by Gasteiger charge is -2.22. The molecule has 1 unspecified atom stereocenters. The molecule has 106 valence electrons. The van der Waals surface area contributed by atoms with Gasteiger partial charge in [-0.2, -0.15) is 0 Å². The van der Waals surface area contributed by atoms with Gasteiger partial charge in [-0.15, -0.1) is 0 Å². The number of rotatable bonds is 5. The van der Waals surface area contributed by atoms with E-state index in [0.29, 0.717) is 5.56 Å². The van der Waals surface area contributed by atoms with Crippen LogP contribution in [0.15, 0.2) is 46.9 Å². The molecule has 2 aromatic carbocycles. The Kier molecular flexibility index (Phi) is 5.32. The van der Waals surface area contributed by atoms with Crippen LogP contribution in [0.1, 0.15) is 36.1 Å². The molecule has 0 aliphatic heterocycles. The van der Waals surface area contributed by atoms with E-state index in [0.717, 1.165) is 28.6 Å². The van der Waals surface area contributed by atoms with Crippen molar-refractivity contribution in [3.63, 3.8) is 0 Å². The minimum Gasteiger partial charge on any atom is -0.306 e. The molecule has 1 nitrogen and oxygen atoms in total. The average Bonchev–Trinajstić information content (AvgIpc) is 2.44. The van der Waals surface area contributed by atoms with Gasteiger partial charge in [0.25, 0.3) is 0 Å². The predicted octanol–water partition coefficient (Wildman–Crippen LogP) is 4.99. The van der Waals surface area contributed by atoms with Gasteiger partial charge in [0.2, 0.25) is 0 Å². The van der Waals surface area contributed by atoms with Crippen LogP contribution in [0.3, 0.4) is 0 Å². The highest BCUT2D eigenvalue weighted by molar-refractivity contribution is 9.10. The van der Waals surface area contributed by atoms with Crippen molar-refractivity contribution in [2.24, 2.45) is 0 Å². The summed E-state index contributed by atoms with van der Waals surface area (Å²) in [4.78, 5) is 0. The normalized spacial score (nSPS) is 12.4. The summed E-state index contributed by atoms with van der Waals surface area (Å²) in [5, 5.41) is 3.44. The monoisotopic (exact) mass is 335 g/mol. The lowest BCUT2D eigenvalue weighted by Crippen LogP contribution is -2.24. The first kappa shape index (κ1) is 15.2. The largest absolute Gasteiger partial charge is 0.306 e. The highest BCUT2D eigenvalue weighted by Crippen LogP contribution is 2.30. The van der Waals surface area contributed by atoms with Gasteiger partial charge in [0.05, 0.1) is 6.04 Å². The number of halogens is 2. The molecule has 0 aromatic heterocycles. The molecule has 0 spiro atoms. The predicted molar refractivity (Wildman–Crippen MR) is 85.4 cm³/mol. The maximum Gasteiger partial charge on any atom is 0.128 e. The van der Waals surface area contributed by atoms with Crippen molar-refractivity contribution >= 4 is 15.9 Å². The summed E-state index contributed by atoms with van der Waals surface area (Å²) >= 11 is 3.57. The van der Waals surface area contributed by atoms with Crippen molar-refractivity contribution < 1.29 is 4.39 Å². The lowest BCUT2D eigenvalue weighted by atomic mass is 9.96. The van der Waals surface area contributed by atoms with Crippen molar-refractivity contribution in [1.82, 2.24) is 5.32 Å². The fourth-order valence-corrected chi connectivity index (χ4v) is 2.78. The fraction of sp³-hybridized carbons (Fsp3) is 0.294. The van der Waals surface area contributed by atoms with Gasteiger partial charge in [0.1, 0.15) is 5.82 Å². The molecule has 2 rings (SSSR count). The van der Waals surface area contributed by atoms with Gasteiger partial charge in [0, 0.05) is 10.0 Å². The zero-order valence-corrected chi connectivity index (χ0v) is 13.4. The summed E-state index contributed by atoms with van der Waals surface area (Å²) in [5.74, 6) is -0.167. The van der Waals surface area contributed by atoms with Crippen LogP contribution in [0.5, 0.6) is 0 Å². The van der Waals surface area contributed by atoms with E-state index in [-0.39, 0.29) is 11.9 Å². The number of benzene rings is 2. The van der Waals surface area contributed by atoms with E-state index in [2.05, 4.69) is 28.2 Å². The van der Waals surface area contributed by atoms with E-state index in [9.17, 15) is 4.39 Å². The van der Waals surface area contributed by atoms with Crippen LogP contribution in [0.25, 0.3) is 0 Å². The quantitative estimate of drug-likeness (QED) is 0.811. The van der Waals surface area contributed by atoms with E-state index in [1.165, 1.54) is 0 Å². The highest BCUT2D eigenvalue weighted by Gasteiger charge is 2.19. The van der Waals surface area contributed by atoms with Gasteiger partial charge < -0.3 is 5.32 Å². The van der Waals surface area contributed by atoms with Crippen LogP contribution in [-0.2, 0) is 0 Å². The van der Waals surface area contributed by atoms with Gasteiger partial charge in [-0.3, -0.25) is 0 Å². The van der Waals surface area contributed by atoms with E-state index >= 15 is 0 Å². The van der Waals surface area contributed by atoms with Gasteiger partial charge in [0.15, 0.2) is 0 Å². The highest BCUT2D eigenvalue weighted by atomic mass is 79.9. The third-order valence-electron chi connectivity index (χ3n) is 3.28. The Labute approximate surface area is 128 Å². The molecule has 0 amide bonds. The average molecular weight is 336 g/mol. The topological polar surface area (TPSA) is 12.0 Å². The van der Waals surface area contributed by atoms with E-state index in [1.54, 1.807) is 12.1 Å². The maximum atomic E-state index is 14.2. The second-order valence-corrected chi connectivity index (χ2v) is 5.79. The first-order chi connectivity index (χ1) is 9.63. The molecule has 0 radical (unpaired) electrons. The molecule has 0 saturated heterocycles. The third-order valence-corrected chi connectivity index (χ3v) is 4.00. The molecule has 0 saturated carbocycles. The van der Waals surface area contributed by atoms with Crippen LogP contribution in [0, 0.1) is 12.7 Å². The molecule has 0 fully saturated rings. The van der Waals surface area contributed by atoms with Crippen LogP contribution in [0.4, 0.5) is 4.39 Å². The van der Waals surface area contributed by atoms with E-state index in [4.69, 9.17) is 0 Å². The Morgan fingerprint density at radius 1 is 1.15 bits per heavy atom. The molecular weight excluding hydrogens is 317 g/mol. The molecule has 0 aliphatic rings. The Hall–Kier alpha value is -1.19. The summed E-state index contributed by atoms with van der Waals surface area (Å²) in [6, 6.07) is 13.1. The van der Waals surface area contributed by atoms with Crippen molar-refractivity contribution in [3.05, 3.63) is 69.4 Å². The Balaban J connectivity index is 2.47. The summed E-state index contributed by atoms with van der Waals surface area (Å²) < 4.78 is 15.2. The summed E-state index contributed by atoms with van der Waals surface area (Å²) in [6.07, 6.45) is 1.01. The summed E-state index contributed by atoms with van der Waals surface area (Å²) in [5.41, 5.74) is 2.83. The van der Waals surface area contributed by atoms with Gasteiger partial charge >= 0.3 is 0 Å². The smallest absolute Gasteiger partial charge is 0.128 e. The van der Waals surface area contributed by atoms with E-state index in [1.807, 2.05) is 37.3 Å². The minimum absolute atomic E-state index is 0.134.